The molecular formula is C16H27N5O. The number of nitrogens with zero attached hydrogens (tertiary/aromatic N) is 3. The normalized spacial score (nSPS) is 25.8. The van der Waals surface area contributed by atoms with Gasteiger partial charge in [-0.25, -0.2) is 0 Å². The van der Waals surface area contributed by atoms with Crippen molar-refractivity contribution in [3.8, 4) is 0 Å². The first-order chi connectivity index (χ1) is 10.6. The van der Waals surface area contributed by atoms with Crippen molar-refractivity contribution >= 4 is 5.91 Å². The van der Waals surface area contributed by atoms with Gasteiger partial charge in [-0.05, 0) is 18.9 Å². The third-order valence-corrected chi connectivity index (χ3v) is 5.22. The van der Waals surface area contributed by atoms with Gasteiger partial charge in [0.15, 0.2) is 5.69 Å². The summed E-state index contributed by atoms with van der Waals surface area (Å²) in [5.41, 5.74) is 2.78. The van der Waals surface area contributed by atoms with Gasteiger partial charge in [-0.2, -0.15) is 5.10 Å². The van der Waals surface area contributed by atoms with Gasteiger partial charge in [-0.15, -0.1) is 0 Å². The zero-order chi connectivity index (χ0) is 15.7. The number of aromatic amines is 1. The van der Waals surface area contributed by atoms with E-state index in [0.29, 0.717) is 17.7 Å². The molecule has 3 rings (SSSR count). The number of carbonyl (C=O) groups is 1. The summed E-state index contributed by atoms with van der Waals surface area (Å²) in [6.45, 7) is 9.37. The van der Waals surface area contributed by atoms with Crippen LogP contribution in [-0.4, -0.2) is 65.2 Å². The second kappa shape index (κ2) is 6.38. The third kappa shape index (κ3) is 2.77. The molecule has 0 bridgehead atoms. The first-order valence-electron chi connectivity index (χ1n) is 8.38. The molecule has 1 fully saturated rings. The molecule has 1 aromatic rings. The van der Waals surface area contributed by atoms with Crippen molar-refractivity contribution in [1.82, 2.24) is 25.3 Å². The number of nitrogens with one attached hydrogen (secondary N) is 2. The zero-order valence-corrected chi connectivity index (χ0v) is 13.9. The van der Waals surface area contributed by atoms with Crippen LogP contribution >= 0.6 is 0 Å². The number of hydrogen-bond acceptors (Lipinski definition) is 4. The summed E-state index contributed by atoms with van der Waals surface area (Å²) in [6, 6.07) is 0.305. The number of aromatic nitrogens is 2. The van der Waals surface area contributed by atoms with Gasteiger partial charge in [0, 0.05) is 56.9 Å². The van der Waals surface area contributed by atoms with Crippen molar-refractivity contribution < 1.29 is 4.79 Å². The number of fused-ring (bicyclic) bond motifs is 1. The second-order valence-electron chi connectivity index (χ2n) is 6.60. The van der Waals surface area contributed by atoms with E-state index in [2.05, 4.69) is 34.3 Å². The summed E-state index contributed by atoms with van der Waals surface area (Å²) in [5, 5.41) is 10.7. The number of H-pyrrole nitrogens is 1. The molecule has 0 radical (unpaired) electrons. The van der Waals surface area contributed by atoms with Crippen LogP contribution in [0.15, 0.2) is 0 Å². The Labute approximate surface area is 132 Å². The second-order valence-corrected chi connectivity index (χ2v) is 6.60. The van der Waals surface area contributed by atoms with Gasteiger partial charge in [0.05, 0.1) is 0 Å². The van der Waals surface area contributed by atoms with E-state index in [1.165, 1.54) is 0 Å². The van der Waals surface area contributed by atoms with Gasteiger partial charge in [0.1, 0.15) is 0 Å². The van der Waals surface area contributed by atoms with Crippen LogP contribution in [0, 0.1) is 5.92 Å². The van der Waals surface area contributed by atoms with Gasteiger partial charge in [-0.1, -0.05) is 13.8 Å². The van der Waals surface area contributed by atoms with E-state index in [1.54, 1.807) is 0 Å². The third-order valence-electron chi connectivity index (χ3n) is 5.22. The van der Waals surface area contributed by atoms with E-state index in [4.69, 9.17) is 0 Å². The minimum atomic E-state index is 0.0583. The van der Waals surface area contributed by atoms with Crippen molar-refractivity contribution in [3.63, 3.8) is 0 Å². The highest BCUT2D eigenvalue weighted by Crippen LogP contribution is 2.24. The molecule has 2 atom stereocenters. The predicted molar refractivity (Wildman–Crippen MR) is 85.8 cm³/mol. The maximum absolute atomic E-state index is 12.9. The number of piperidine rings is 1. The van der Waals surface area contributed by atoms with Crippen LogP contribution in [-0.2, 0) is 13.0 Å². The Morgan fingerprint density at radius 2 is 2.32 bits per heavy atom. The van der Waals surface area contributed by atoms with Gasteiger partial charge >= 0.3 is 0 Å². The minimum absolute atomic E-state index is 0.0583. The summed E-state index contributed by atoms with van der Waals surface area (Å²) >= 11 is 0. The Kier molecular flexibility index (Phi) is 4.49. The topological polar surface area (TPSA) is 64.3 Å². The lowest BCUT2D eigenvalue weighted by Gasteiger charge is -2.40. The predicted octanol–water partition coefficient (Wildman–Crippen LogP) is 0.858. The molecule has 2 unspecified atom stereocenters. The summed E-state index contributed by atoms with van der Waals surface area (Å²) in [4.78, 5) is 17.3. The Morgan fingerprint density at radius 3 is 3.05 bits per heavy atom. The lowest BCUT2D eigenvalue weighted by Crippen LogP contribution is -2.50. The summed E-state index contributed by atoms with van der Waals surface area (Å²) < 4.78 is 0. The molecule has 2 aliphatic heterocycles. The van der Waals surface area contributed by atoms with E-state index in [1.807, 2.05) is 11.9 Å². The van der Waals surface area contributed by atoms with Crippen molar-refractivity contribution in [1.29, 1.82) is 0 Å². The summed E-state index contributed by atoms with van der Waals surface area (Å²) in [5.74, 6) is 0.554. The number of rotatable bonds is 3. The van der Waals surface area contributed by atoms with Crippen molar-refractivity contribution in [2.24, 2.45) is 5.92 Å². The van der Waals surface area contributed by atoms with Gasteiger partial charge in [0.25, 0.3) is 5.91 Å². The standard InChI is InChI=1S/C16H27N5O/c1-4-21-8-6-14(11(2)10-21)20(3)16(22)15-12-9-17-7-5-13(12)18-19-15/h11,14,17H,4-10H2,1-3H3,(H,18,19). The molecule has 1 saturated heterocycles. The van der Waals surface area contributed by atoms with Crippen molar-refractivity contribution in [3.05, 3.63) is 17.0 Å². The van der Waals surface area contributed by atoms with Gasteiger partial charge < -0.3 is 15.1 Å². The molecule has 1 amide bonds. The van der Waals surface area contributed by atoms with Crippen molar-refractivity contribution in [2.75, 3.05) is 33.2 Å². The molecule has 3 heterocycles. The molecule has 22 heavy (non-hydrogen) atoms. The number of carbonyl (C=O) groups excluding carboxylic acids is 1. The van der Waals surface area contributed by atoms with E-state index >= 15 is 0 Å². The first-order valence-corrected chi connectivity index (χ1v) is 8.38. The molecular weight excluding hydrogens is 278 g/mol. The highest BCUT2D eigenvalue weighted by atomic mass is 16.2. The largest absolute Gasteiger partial charge is 0.337 e. The van der Waals surface area contributed by atoms with Gasteiger partial charge in [0.2, 0.25) is 0 Å². The maximum Gasteiger partial charge on any atom is 0.274 e. The zero-order valence-electron chi connectivity index (χ0n) is 13.9. The fourth-order valence-corrected chi connectivity index (χ4v) is 3.80. The van der Waals surface area contributed by atoms with E-state index in [0.717, 1.165) is 56.8 Å². The first kappa shape index (κ1) is 15.5. The molecule has 0 aromatic carbocycles. The maximum atomic E-state index is 12.9. The number of likely N-dealkylation sites (tertiary alicyclic amines) is 1. The monoisotopic (exact) mass is 305 g/mol. The van der Waals surface area contributed by atoms with Gasteiger partial charge in [-0.3, -0.25) is 9.89 Å². The lowest BCUT2D eigenvalue weighted by molar-refractivity contribution is 0.0514. The quantitative estimate of drug-likeness (QED) is 0.869. The van der Waals surface area contributed by atoms with E-state index in [-0.39, 0.29) is 5.91 Å². The van der Waals surface area contributed by atoms with Crippen LogP contribution in [0.25, 0.3) is 0 Å². The molecule has 2 N–H and O–H groups in total. The summed E-state index contributed by atoms with van der Waals surface area (Å²) in [6.07, 6.45) is 1.97. The van der Waals surface area contributed by atoms with Crippen molar-refractivity contribution in [2.45, 2.75) is 39.3 Å². The number of hydrogen-bond donors (Lipinski definition) is 2. The Hall–Kier alpha value is -1.40. The van der Waals surface area contributed by atoms with Crippen LogP contribution < -0.4 is 5.32 Å². The highest BCUT2D eigenvalue weighted by molar-refractivity contribution is 5.94. The molecule has 6 heteroatoms. The van der Waals surface area contributed by atoms with Crippen LogP contribution in [0.3, 0.4) is 0 Å². The average Bonchev–Trinajstić information content (AvgIpc) is 2.97. The smallest absolute Gasteiger partial charge is 0.274 e. The average molecular weight is 305 g/mol. The fraction of sp³-hybridized carbons (Fsp3) is 0.750. The molecule has 0 saturated carbocycles. The Balaban J connectivity index is 1.73. The number of amides is 1. The SMILES string of the molecule is CCN1CCC(N(C)C(=O)c2n[nH]c3c2CNCC3)C(C)C1. The molecule has 6 nitrogen and oxygen atoms in total. The summed E-state index contributed by atoms with van der Waals surface area (Å²) in [7, 11) is 1.93. The highest BCUT2D eigenvalue weighted by Gasteiger charge is 2.33. The minimum Gasteiger partial charge on any atom is -0.337 e. The molecule has 0 aliphatic carbocycles. The Bertz CT molecular complexity index is 541. The molecule has 122 valence electrons. The van der Waals surface area contributed by atoms with Crippen LogP contribution in [0.2, 0.25) is 0 Å². The molecule has 2 aliphatic rings. The fourth-order valence-electron chi connectivity index (χ4n) is 3.80. The molecule has 0 spiro atoms. The van der Waals surface area contributed by atoms with E-state index < -0.39 is 0 Å². The van der Waals surface area contributed by atoms with Crippen LogP contribution in [0.5, 0.6) is 0 Å². The van der Waals surface area contributed by atoms with E-state index in [9.17, 15) is 4.79 Å². The molecule has 1 aromatic heterocycles. The van der Waals surface area contributed by atoms with Crippen LogP contribution in [0.1, 0.15) is 42.0 Å². The van der Waals surface area contributed by atoms with Crippen LogP contribution in [0.4, 0.5) is 0 Å². The Morgan fingerprint density at radius 1 is 1.50 bits per heavy atom. The lowest BCUT2D eigenvalue weighted by atomic mass is 9.92.